The van der Waals surface area contributed by atoms with Gasteiger partial charge in [0.1, 0.15) is 6.54 Å². The number of hydrogen-bond acceptors (Lipinski definition) is 4. The van der Waals surface area contributed by atoms with Gasteiger partial charge in [-0.1, -0.05) is 29.8 Å². The van der Waals surface area contributed by atoms with Crippen LogP contribution in [0, 0.1) is 13.8 Å². The molecule has 0 radical (unpaired) electrons. The van der Waals surface area contributed by atoms with Gasteiger partial charge in [0.05, 0.1) is 12.0 Å². The lowest BCUT2D eigenvalue weighted by Gasteiger charge is -2.25. The Kier molecular flexibility index (Phi) is 7.07. The zero-order valence-electron chi connectivity index (χ0n) is 20.1. The fraction of sp³-hybridized carbons (Fsp3) is 0.222. The number of nitrogens with one attached hydrogen (secondary N) is 1. The van der Waals surface area contributed by atoms with E-state index in [1.54, 1.807) is 24.3 Å². The van der Waals surface area contributed by atoms with Crippen molar-refractivity contribution in [2.24, 2.45) is 0 Å². The first-order valence-corrected chi connectivity index (χ1v) is 11.7. The number of carbonyl (C=O) groups excluding carboxylic acids is 2. The molecule has 0 aliphatic carbocycles. The number of furan rings is 1. The van der Waals surface area contributed by atoms with Crippen LogP contribution in [0.2, 0.25) is 5.02 Å². The summed E-state index contributed by atoms with van der Waals surface area (Å²) in [6.45, 7) is 7.64. The molecule has 1 N–H and O–H groups in total. The Morgan fingerprint density at radius 1 is 1.09 bits per heavy atom. The Morgan fingerprint density at radius 3 is 2.46 bits per heavy atom. The van der Waals surface area contributed by atoms with E-state index in [1.807, 2.05) is 68.8 Å². The largest absolute Gasteiger partial charge is 0.459 e. The Labute approximate surface area is 209 Å². The van der Waals surface area contributed by atoms with E-state index < -0.39 is 0 Å². The van der Waals surface area contributed by atoms with E-state index in [2.05, 4.69) is 5.32 Å². The van der Waals surface area contributed by atoms with Gasteiger partial charge in [0.15, 0.2) is 5.76 Å². The number of anilines is 1. The van der Waals surface area contributed by atoms with Gasteiger partial charge in [-0.15, -0.1) is 0 Å². The van der Waals surface area contributed by atoms with E-state index in [1.165, 1.54) is 16.7 Å². The molecule has 180 valence electrons. The Balaban J connectivity index is 1.65. The molecule has 0 unspecified atom stereocenters. The highest BCUT2D eigenvalue weighted by atomic mass is 35.5. The number of aromatic nitrogens is 2. The molecule has 7 nitrogen and oxygen atoms in total. The third-order valence-electron chi connectivity index (χ3n) is 5.80. The molecule has 0 spiro atoms. The van der Waals surface area contributed by atoms with Crippen LogP contribution >= 0.6 is 11.6 Å². The molecule has 0 atom stereocenters. The van der Waals surface area contributed by atoms with Crippen molar-refractivity contribution in [1.29, 1.82) is 0 Å². The van der Waals surface area contributed by atoms with Gasteiger partial charge < -0.3 is 9.32 Å². The van der Waals surface area contributed by atoms with Crippen molar-refractivity contribution in [2.75, 3.05) is 11.9 Å². The van der Waals surface area contributed by atoms with Crippen molar-refractivity contribution >= 4 is 29.4 Å². The van der Waals surface area contributed by atoms with E-state index >= 15 is 0 Å². The number of rotatable bonds is 7. The van der Waals surface area contributed by atoms with Crippen LogP contribution in [0.3, 0.4) is 0 Å². The van der Waals surface area contributed by atoms with Gasteiger partial charge in [0.25, 0.3) is 5.91 Å². The normalized spacial score (nSPS) is 11.0. The summed E-state index contributed by atoms with van der Waals surface area (Å²) in [5, 5.41) is 3.52. The number of aryl methyl sites for hydroxylation is 2. The summed E-state index contributed by atoms with van der Waals surface area (Å²) in [6, 6.07) is 16.4. The molecule has 35 heavy (non-hydrogen) atoms. The van der Waals surface area contributed by atoms with E-state index in [0.717, 1.165) is 16.8 Å². The molecule has 2 aromatic carbocycles. The minimum Gasteiger partial charge on any atom is -0.459 e. The van der Waals surface area contributed by atoms with E-state index in [4.69, 9.17) is 21.0 Å². The molecule has 4 aromatic rings. The fourth-order valence-corrected chi connectivity index (χ4v) is 3.78. The summed E-state index contributed by atoms with van der Waals surface area (Å²) in [6.07, 6.45) is 3.31. The first-order valence-electron chi connectivity index (χ1n) is 11.3. The SMILES string of the molecule is Cc1ccc(-n2cc(-c3ccc(Cl)cc3)nc2NC(=O)CN(C(=O)c2ccco2)C(C)C)cc1C. The second kappa shape index (κ2) is 10.2. The molecule has 4 rings (SSSR count). The average Bonchev–Trinajstić information content (AvgIpc) is 3.50. The summed E-state index contributed by atoms with van der Waals surface area (Å²) in [4.78, 5) is 32.1. The van der Waals surface area contributed by atoms with Crippen LogP contribution in [-0.4, -0.2) is 38.9 Å². The fourth-order valence-electron chi connectivity index (χ4n) is 3.65. The predicted molar refractivity (Wildman–Crippen MR) is 137 cm³/mol. The lowest BCUT2D eigenvalue weighted by Crippen LogP contribution is -2.42. The quantitative estimate of drug-likeness (QED) is 0.350. The van der Waals surface area contributed by atoms with E-state index in [9.17, 15) is 9.59 Å². The van der Waals surface area contributed by atoms with Crippen LogP contribution in [-0.2, 0) is 4.79 Å². The Bertz CT molecular complexity index is 1340. The Hall–Kier alpha value is -3.84. The van der Waals surface area contributed by atoms with Crippen LogP contribution in [0.4, 0.5) is 5.95 Å². The highest BCUT2D eigenvalue weighted by Crippen LogP contribution is 2.26. The second-order valence-electron chi connectivity index (χ2n) is 8.65. The summed E-state index contributed by atoms with van der Waals surface area (Å²) >= 11 is 6.05. The van der Waals surface area contributed by atoms with Crippen LogP contribution in [0.5, 0.6) is 0 Å². The molecule has 0 fully saturated rings. The molecule has 8 heteroatoms. The standard InChI is InChI=1S/C27H27ClN4O3/c1-17(2)31(26(34)24-6-5-13-35-24)16-25(33)30-27-29-23(20-8-10-21(28)11-9-20)15-32(27)22-12-7-18(3)19(4)14-22/h5-15,17H,16H2,1-4H3,(H,29,30,33). The van der Waals surface area contributed by atoms with Gasteiger partial charge in [-0.05, 0) is 75.2 Å². The number of carbonyl (C=O) groups is 2. The van der Waals surface area contributed by atoms with Crippen LogP contribution < -0.4 is 5.32 Å². The van der Waals surface area contributed by atoms with Crippen molar-refractivity contribution < 1.29 is 14.0 Å². The van der Waals surface area contributed by atoms with E-state index in [0.29, 0.717) is 16.7 Å². The summed E-state index contributed by atoms with van der Waals surface area (Å²) in [5.74, 6) is -0.165. The van der Waals surface area contributed by atoms with Crippen LogP contribution in [0.1, 0.15) is 35.5 Å². The van der Waals surface area contributed by atoms with Gasteiger partial charge in [0.2, 0.25) is 11.9 Å². The summed E-state index contributed by atoms with van der Waals surface area (Å²) in [5.41, 5.74) is 4.70. The molecule has 0 aliphatic heterocycles. The molecule has 2 heterocycles. The van der Waals surface area contributed by atoms with Crippen LogP contribution in [0.25, 0.3) is 16.9 Å². The number of halogens is 1. The van der Waals surface area contributed by atoms with Crippen LogP contribution in [0.15, 0.2) is 71.5 Å². The van der Waals surface area contributed by atoms with Gasteiger partial charge in [0, 0.05) is 28.5 Å². The third kappa shape index (κ3) is 5.46. The Morgan fingerprint density at radius 2 is 1.83 bits per heavy atom. The van der Waals surface area contributed by atoms with Crippen molar-refractivity contribution in [3.63, 3.8) is 0 Å². The van der Waals surface area contributed by atoms with Gasteiger partial charge in [-0.2, -0.15) is 0 Å². The number of nitrogens with zero attached hydrogens (tertiary/aromatic N) is 3. The summed E-state index contributed by atoms with van der Waals surface area (Å²) < 4.78 is 7.07. The number of imidazole rings is 1. The maximum Gasteiger partial charge on any atom is 0.290 e. The van der Waals surface area contributed by atoms with Crippen molar-refractivity contribution in [3.05, 3.63) is 89.0 Å². The van der Waals surface area contributed by atoms with E-state index in [-0.39, 0.29) is 30.2 Å². The number of amides is 2. The van der Waals surface area contributed by atoms with Gasteiger partial charge in [-0.3, -0.25) is 19.5 Å². The number of benzene rings is 2. The van der Waals surface area contributed by atoms with Crippen molar-refractivity contribution in [1.82, 2.24) is 14.5 Å². The molecular formula is C27H27ClN4O3. The van der Waals surface area contributed by atoms with Gasteiger partial charge >= 0.3 is 0 Å². The molecule has 2 aromatic heterocycles. The molecule has 0 saturated carbocycles. The van der Waals surface area contributed by atoms with Crippen molar-refractivity contribution in [2.45, 2.75) is 33.7 Å². The lowest BCUT2D eigenvalue weighted by molar-refractivity contribution is -0.117. The summed E-state index contributed by atoms with van der Waals surface area (Å²) in [7, 11) is 0. The molecule has 2 amide bonds. The predicted octanol–water partition coefficient (Wildman–Crippen LogP) is 5.89. The topological polar surface area (TPSA) is 80.4 Å². The third-order valence-corrected chi connectivity index (χ3v) is 6.05. The second-order valence-corrected chi connectivity index (χ2v) is 9.08. The minimum absolute atomic E-state index is 0.146. The first-order chi connectivity index (χ1) is 16.7. The first kappa shape index (κ1) is 24.3. The van der Waals surface area contributed by atoms with Gasteiger partial charge in [-0.25, -0.2) is 4.98 Å². The number of hydrogen-bond donors (Lipinski definition) is 1. The molecular weight excluding hydrogens is 464 g/mol. The molecule has 0 bridgehead atoms. The zero-order valence-corrected chi connectivity index (χ0v) is 20.8. The van der Waals surface area contributed by atoms with Crippen molar-refractivity contribution in [3.8, 4) is 16.9 Å². The average molecular weight is 491 g/mol. The molecule has 0 saturated heterocycles. The highest BCUT2D eigenvalue weighted by molar-refractivity contribution is 6.30. The lowest BCUT2D eigenvalue weighted by atomic mass is 10.1. The monoisotopic (exact) mass is 490 g/mol. The zero-order chi connectivity index (χ0) is 25.1. The molecule has 0 aliphatic rings. The maximum absolute atomic E-state index is 13.1. The smallest absolute Gasteiger partial charge is 0.290 e. The highest BCUT2D eigenvalue weighted by Gasteiger charge is 2.24. The minimum atomic E-state index is -0.364. The maximum atomic E-state index is 13.1.